The number of aromatic amines is 1. The van der Waals surface area contributed by atoms with E-state index in [1.165, 1.54) is 62.1 Å². The highest BCUT2D eigenvalue weighted by Crippen LogP contribution is 2.29. The molecule has 3 atom stereocenters. The Morgan fingerprint density at radius 1 is 1.19 bits per heavy atom. The topological polar surface area (TPSA) is 142 Å². The SMILES string of the molecule is CCCCCCCCCCCCOCc1cn([C@H]2C[C@H](N=[N+]=[N-])[C@@H](CO)O2)c(=O)[nH]c1=O. The van der Waals surface area contributed by atoms with E-state index in [0.29, 0.717) is 12.2 Å². The van der Waals surface area contributed by atoms with Crippen molar-refractivity contribution in [1.29, 1.82) is 0 Å². The summed E-state index contributed by atoms with van der Waals surface area (Å²) in [6, 6.07) is -0.579. The van der Waals surface area contributed by atoms with Gasteiger partial charge in [-0.05, 0) is 12.0 Å². The van der Waals surface area contributed by atoms with Crippen LogP contribution in [0.2, 0.25) is 0 Å². The lowest BCUT2D eigenvalue weighted by Gasteiger charge is -2.15. The second kappa shape index (κ2) is 14.8. The molecule has 10 heteroatoms. The molecule has 0 bridgehead atoms. The number of nitrogens with zero attached hydrogens (tertiary/aromatic N) is 4. The Bertz CT molecular complexity index is 833. The zero-order valence-electron chi connectivity index (χ0n) is 19.1. The largest absolute Gasteiger partial charge is 0.394 e. The Kier molecular flexibility index (Phi) is 12.1. The Hall–Kier alpha value is -2.13. The van der Waals surface area contributed by atoms with E-state index < -0.39 is 29.6 Å². The summed E-state index contributed by atoms with van der Waals surface area (Å²) in [7, 11) is 0. The number of aliphatic hydroxyl groups is 1. The van der Waals surface area contributed by atoms with Gasteiger partial charge in [0.2, 0.25) is 0 Å². The van der Waals surface area contributed by atoms with Gasteiger partial charge in [-0.3, -0.25) is 14.3 Å². The normalized spacial score (nSPS) is 20.4. The number of hydrogen-bond acceptors (Lipinski definition) is 6. The first-order chi connectivity index (χ1) is 15.6. The van der Waals surface area contributed by atoms with E-state index in [1.54, 1.807) is 0 Å². The van der Waals surface area contributed by atoms with Gasteiger partial charge in [0.25, 0.3) is 5.56 Å². The lowest BCUT2D eigenvalue weighted by Crippen LogP contribution is -2.34. The first kappa shape index (κ1) is 26.1. The van der Waals surface area contributed by atoms with Crippen LogP contribution < -0.4 is 11.2 Å². The van der Waals surface area contributed by atoms with Gasteiger partial charge in [0.1, 0.15) is 6.23 Å². The Balaban J connectivity index is 1.74. The van der Waals surface area contributed by atoms with Crippen LogP contribution in [0.1, 0.15) is 89.3 Å². The van der Waals surface area contributed by atoms with Crippen molar-refractivity contribution < 1.29 is 14.6 Å². The first-order valence-corrected chi connectivity index (χ1v) is 11.8. The van der Waals surface area contributed by atoms with Crippen molar-refractivity contribution in [3.63, 3.8) is 0 Å². The zero-order chi connectivity index (χ0) is 23.2. The number of ether oxygens (including phenoxy) is 2. The minimum atomic E-state index is -0.729. The highest BCUT2D eigenvalue weighted by atomic mass is 16.5. The molecule has 32 heavy (non-hydrogen) atoms. The molecule has 0 aliphatic carbocycles. The summed E-state index contributed by atoms with van der Waals surface area (Å²) in [5.41, 5.74) is 7.89. The van der Waals surface area contributed by atoms with Crippen molar-refractivity contribution >= 4 is 0 Å². The highest BCUT2D eigenvalue weighted by Gasteiger charge is 2.35. The highest BCUT2D eigenvalue weighted by molar-refractivity contribution is 5.04. The van der Waals surface area contributed by atoms with Gasteiger partial charge in [-0.25, -0.2) is 4.79 Å². The van der Waals surface area contributed by atoms with Crippen LogP contribution in [-0.2, 0) is 16.1 Å². The number of aliphatic hydroxyl groups excluding tert-OH is 1. The predicted octanol–water partition coefficient (Wildman–Crippen LogP) is 3.93. The Morgan fingerprint density at radius 2 is 1.84 bits per heavy atom. The summed E-state index contributed by atoms with van der Waals surface area (Å²) in [5, 5.41) is 13.0. The fraction of sp³-hybridized carbons (Fsp3) is 0.818. The summed E-state index contributed by atoms with van der Waals surface area (Å²) in [4.78, 5) is 29.4. The summed E-state index contributed by atoms with van der Waals surface area (Å²) in [5.74, 6) is 0. The molecular formula is C22H37N5O5. The molecule has 1 fully saturated rings. The molecule has 1 saturated heterocycles. The summed E-state index contributed by atoms with van der Waals surface area (Å²) in [6.07, 6.45) is 12.7. The maximum absolute atomic E-state index is 12.2. The molecule has 0 amide bonds. The summed E-state index contributed by atoms with van der Waals surface area (Å²) in [6.45, 7) is 2.56. The summed E-state index contributed by atoms with van der Waals surface area (Å²) >= 11 is 0. The van der Waals surface area contributed by atoms with E-state index in [1.807, 2.05) is 0 Å². The van der Waals surface area contributed by atoms with Gasteiger partial charge < -0.3 is 14.6 Å². The minimum absolute atomic E-state index is 0.100. The number of azide groups is 1. The van der Waals surface area contributed by atoms with Crippen LogP contribution in [0.25, 0.3) is 10.4 Å². The van der Waals surface area contributed by atoms with Gasteiger partial charge in [0.15, 0.2) is 0 Å². The van der Waals surface area contributed by atoms with Crippen molar-refractivity contribution in [2.75, 3.05) is 13.2 Å². The van der Waals surface area contributed by atoms with Crippen molar-refractivity contribution in [2.45, 2.75) is 103 Å². The number of nitrogens with one attached hydrogen (secondary N) is 1. The molecule has 1 aliphatic rings. The van der Waals surface area contributed by atoms with Crippen molar-refractivity contribution in [3.05, 3.63) is 43.0 Å². The number of hydrogen-bond donors (Lipinski definition) is 2. The molecule has 2 N–H and O–H groups in total. The Morgan fingerprint density at radius 3 is 2.47 bits per heavy atom. The first-order valence-electron chi connectivity index (χ1n) is 11.8. The van der Waals surface area contributed by atoms with Crippen LogP contribution in [0.4, 0.5) is 0 Å². The van der Waals surface area contributed by atoms with Gasteiger partial charge in [-0.15, -0.1) is 0 Å². The number of rotatable bonds is 16. The third-order valence-corrected chi connectivity index (χ3v) is 5.84. The number of H-pyrrole nitrogens is 1. The van der Waals surface area contributed by atoms with E-state index in [4.69, 9.17) is 15.0 Å². The van der Waals surface area contributed by atoms with Gasteiger partial charge in [0, 0.05) is 24.1 Å². The second-order valence-electron chi connectivity index (χ2n) is 8.38. The monoisotopic (exact) mass is 451 g/mol. The molecular weight excluding hydrogens is 414 g/mol. The standard InChI is InChI=1S/C22H37N5O5/c1-2-3-4-5-6-7-8-9-10-11-12-31-16-17-14-27(22(30)24-21(17)29)20-13-18(25-26-23)19(15-28)32-20/h14,18-20,28H,2-13,15-16H2,1H3,(H,24,29,30)/t18-,19+,20+/m0/s1. The fourth-order valence-electron chi connectivity index (χ4n) is 3.96. The smallest absolute Gasteiger partial charge is 0.330 e. The summed E-state index contributed by atoms with van der Waals surface area (Å²) < 4.78 is 12.5. The van der Waals surface area contributed by atoms with Gasteiger partial charge in [-0.1, -0.05) is 69.8 Å². The van der Waals surface area contributed by atoms with Crippen molar-refractivity contribution in [2.24, 2.45) is 5.11 Å². The molecule has 180 valence electrons. The molecule has 2 rings (SSSR count). The van der Waals surface area contributed by atoms with Gasteiger partial charge in [0.05, 0.1) is 30.9 Å². The van der Waals surface area contributed by atoms with E-state index in [-0.39, 0.29) is 19.6 Å². The number of unbranched alkanes of at least 4 members (excludes halogenated alkanes) is 9. The molecule has 0 radical (unpaired) electrons. The van der Waals surface area contributed by atoms with Crippen molar-refractivity contribution in [1.82, 2.24) is 9.55 Å². The van der Waals surface area contributed by atoms with Crippen molar-refractivity contribution in [3.8, 4) is 0 Å². The molecule has 2 heterocycles. The molecule has 0 unspecified atom stereocenters. The van der Waals surface area contributed by atoms with Crippen LogP contribution in [0.15, 0.2) is 20.9 Å². The van der Waals surface area contributed by atoms with Crippen LogP contribution in [0.3, 0.4) is 0 Å². The van der Waals surface area contributed by atoms with Crippen LogP contribution in [0, 0.1) is 0 Å². The maximum atomic E-state index is 12.2. The van der Waals surface area contributed by atoms with E-state index >= 15 is 0 Å². The molecule has 0 saturated carbocycles. The Labute approximate surface area is 188 Å². The molecule has 10 nitrogen and oxygen atoms in total. The molecule has 1 aliphatic heterocycles. The average molecular weight is 452 g/mol. The van der Waals surface area contributed by atoms with Gasteiger partial charge >= 0.3 is 5.69 Å². The molecule has 1 aromatic heterocycles. The van der Waals surface area contributed by atoms with Crippen LogP contribution in [0.5, 0.6) is 0 Å². The van der Waals surface area contributed by atoms with Crippen LogP contribution >= 0.6 is 0 Å². The molecule has 0 aromatic carbocycles. The van der Waals surface area contributed by atoms with E-state index in [2.05, 4.69) is 21.9 Å². The third kappa shape index (κ3) is 8.43. The lowest BCUT2D eigenvalue weighted by atomic mass is 10.1. The van der Waals surface area contributed by atoms with E-state index in [9.17, 15) is 14.7 Å². The number of aromatic nitrogens is 2. The maximum Gasteiger partial charge on any atom is 0.330 e. The quantitative estimate of drug-likeness (QED) is 0.169. The molecule has 1 aromatic rings. The zero-order valence-corrected chi connectivity index (χ0v) is 19.1. The third-order valence-electron chi connectivity index (χ3n) is 5.84. The average Bonchev–Trinajstić information content (AvgIpc) is 3.18. The van der Waals surface area contributed by atoms with E-state index in [0.717, 1.165) is 12.8 Å². The minimum Gasteiger partial charge on any atom is -0.394 e. The lowest BCUT2D eigenvalue weighted by molar-refractivity contribution is -0.0274. The van der Waals surface area contributed by atoms with Gasteiger partial charge in [-0.2, -0.15) is 0 Å². The fourth-order valence-corrected chi connectivity index (χ4v) is 3.96. The van der Waals surface area contributed by atoms with Crippen LogP contribution in [-0.4, -0.2) is 40.0 Å². The molecule has 0 spiro atoms. The predicted molar refractivity (Wildman–Crippen MR) is 121 cm³/mol. The second-order valence-corrected chi connectivity index (χ2v) is 8.38.